The molecule has 0 saturated heterocycles. The molecule has 0 aliphatic heterocycles. The molecular weight excluding hydrogens is 288 g/mol. The van der Waals surface area contributed by atoms with Gasteiger partial charge in [-0.2, -0.15) is 15.1 Å². The molecule has 0 spiro atoms. The van der Waals surface area contributed by atoms with Crippen LogP contribution in [0.1, 0.15) is 5.56 Å². The van der Waals surface area contributed by atoms with E-state index in [0.717, 1.165) is 0 Å². The zero-order valence-corrected chi connectivity index (χ0v) is 11.4. The van der Waals surface area contributed by atoms with Gasteiger partial charge in [-0.05, 0) is 12.1 Å². The van der Waals surface area contributed by atoms with Gasteiger partial charge < -0.3 is 21.3 Å². The first kappa shape index (κ1) is 15.0. The minimum atomic E-state index is -1.06. The molecule has 0 fully saturated rings. The highest BCUT2D eigenvalue weighted by molar-refractivity contribution is 5.84. The Hall–Kier alpha value is -3.36. The summed E-state index contributed by atoms with van der Waals surface area (Å²) in [5.41, 5.74) is 14.2. The fourth-order valence-electron chi connectivity index (χ4n) is 1.55. The van der Waals surface area contributed by atoms with Gasteiger partial charge in [-0.3, -0.25) is 0 Å². The smallest absolute Gasteiger partial charge is 0.341 e. The van der Waals surface area contributed by atoms with Gasteiger partial charge in [0.25, 0.3) is 0 Å². The Kier molecular flexibility index (Phi) is 4.70. The van der Waals surface area contributed by atoms with Crippen molar-refractivity contribution in [1.82, 2.24) is 9.97 Å². The Bertz CT molecular complexity index is 684. The molecule has 2 aromatic rings. The Labute approximate surface area is 125 Å². The molecule has 1 heterocycles. The molecule has 0 atom stereocenters. The van der Waals surface area contributed by atoms with Crippen LogP contribution in [0.4, 0.5) is 17.6 Å². The highest BCUT2D eigenvalue weighted by atomic mass is 16.5. The fraction of sp³-hybridized carbons (Fsp3) is 0.0769. The van der Waals surface area contributed by atoms with Gasteiger partial charge >= 0.3 is 5.97 Å². The number of hydrogen-bond donors (Lipinski definition) is 4. The van der Waals surface area contributed by atoms with Crippen LogP contribution in [0.2, 0.25) is 0 Å². The number of benzene rings is 1. The average Bonchev–Trinajstić information content (AvgIpc) is 2.45. The summed E-state index contributed by atoms with van der Waals surface area (Å²) >= 11 is 0. The lowest BCUT2D eigenvalue weighted by Gasteiger charge is -2.06. The van der Waals surface area contributed by atoms with Crippen LogP contribution in [-0.4, -0.2) is 33.9 Å². The molecule has 0 saturated carbocycles. The molecule has 0 aliphatic carbocycles. The topological polar surface area (TPSA) is 149 Å². The molecule has 114 valence electrons. The van der Waals surface area contributed by atoms with Crippen molar-refractivity contribution in [3.63, 3.8) is 0 Å². The third-order valence-corrected chi connectivity index (χ3v) is 2.40. The number of para-hydroxylation sites is 1. The number of anilines is 3. The molecule has 1 aromatic carbocycles. The van der Waals surface area contributed by atoms with Crippen LogP contribution in [0.15, 0.2) is 35.4 Å². The van der Waals surface area contributed by atoms with Gasteiger partial charge in [0.1, 0.15) is 17.4 Å². The maximum absolute atomic E-state index is 10.5. The third-order valence-electron chi connectivity index (χ3n) is 2.40. The fourth-order valence-corrected chi connectivity index (χ4v) is 1.55. The van der Waals surface area contributed by atoms with Crippen LogP contribution in [0, 0.1) is 0 Å². The maximum Gasteiger partial charge on any atom is 0.341 e. The van der Waals surface area contributed by atoms with Crippen molar-refractivity contribution in [2.24, 2.45) is 5.10 Å². The maximum atomic E-state index is 10.5. The van der Waals surface area contributed by atoms with Crippen molar-refractivity contribution in [3.8, 4) is 5.75 Å². The molecule has 0 unspecified atom stereocenters. The van der Waals surface area contributed by atoms with Gasteiger partial charge in [0, 0.05) is 11.6 Å². The molecule has 0 amide bonds. The summed E-state index contributed by atoms with van der Waals surface area (Å²) in [6.45, 7) is -0.437. The molecule has 22 heavy (non-hydrogen) atoms. The molecule has 9 heteroatoms. The second kappa shape index (κ2) is 6.88. The summed E-state index contributed by atoms with van der Waals surface area (Å²) in [4.78, 5) is 18.3. The standard InChI is InChI=1S/C13H14N6O3/c14-10-5-11(15)18-13(17-10)19-16-6-8-3-1-2-4-9(8)22-7-12(20)21/h1-6H,7H2,(H,20,21)(H5,14,15,17,18,19)/b16-6-. The van der Waals surface area contributed by atoms with E-state index in [-0.39, 0.29) is 17.6 Å². The number of nitrogen functional groups attached to an aromatic ring is 2. The van der Waals surface area contributed by atoms with Crippen molar-refractivity contribution in [2.75, 3.05) is 23.5 Å². The van der Waals surface area contributed by atoms with E-state index in [9.17, 15) is 4.79 Å². The molecule has 6 N–H and O–H groups in total. The quantitative estimate of drug-likeness (QED) is 0.446. The number of hydrogen-bond acceptors (Lipinski definition) is 8. The van der Waals surface area contributed by atoms with Gasteiger partial charge in [0.2, 0.25) is 5.95 Å². The van der Waals surface area contributed by atoms with Crippen LogP contribution < -0.4 is 21.6 Å². The van der Waals surface area contributed by atoms with Crippen LogP contribution in [0.3, 0.4) is 0 Å². The normalized spacial score (nSPS) is 10.5. The van der Waals surface area contributed by atoms with Crippen molar-refractivity contribution in [1.29, 1.82) is 0 Å². The number of aliphatic carboxylic acids is 1. The molecular formula is C13H14N6O3. The van der Waals surface area contributed by atoms with Crippen LogP contribution >= 0.6 is 0 Å². The molecule has 0 bridgehead atoms. The molecule has 0 radical (unpaired) electrons. The van der Waals surface area contributed by atoms with Crippen LogP contribution in [0.25, 0.3) is 0 Å². The summed E-state index contributed by atoms with van der Waals surface area (Å²) < 4.78 is 5.15. The first-order valence-corrected chi connectivity index (χ1v) is 6.17. The first-order chi connectivity index (χ1) is 10.5. The number of carboxylic acid groups (broad SMARTS) is 1. The SMILES string of the molecule is Nc1cc(N)nc(N/N=C\c2ccccc2OCC(=O)O)n1. The lowest BCUT2D eigenvalue weighted by Crippen LogP contribution is -2.10. The predicted octanol–water partition coefficient (Wildman–Crippen LogP) is 0.550. The number of carbonyl (C=O) groups is 1. The van der Waals surface area contributed by atoms with Crippen LogP contribution in [-0.2, 0) is 4.79 Å². The van der Waals surface area contributed by atoms with Gasteiger partial charge in [0.15, 0.2) is 6.61 Å². The molecule has 0 aliphatic rings. The number of aromatic nitrogens is 2. The van der Waals surface area contributed by atoms with E-state index >= 15 is 0 Å². The Balaban J connectivity index is 2.08. The summed E-state index contributed by atoms with van der Waals surface area (Å²) in [5, 5.41) is 12.6. The number of nitrogens with one attached hydrogen (secondary N) is 1. The van der Waals surface area contributed by atoms with Crippen molar-refractivity contribution >= 4 is 29.8 Å². The number of rotatable bonds is 6. The second-order valence-corrected chi connectivity index (χ2v) is 4.13. The van der Waals surface area contributed by atoms with Crippen LogP contribution in [0.5, 0.6) is 5.75 Å². The number of carboxylic acids is 1. The number of hydrazone groups is 1. The third kappa shape index (κ3) is 4.34. The molecule has 2 rings (SSSR count). The lowest BCUT2D eigenvalue weighted by molar-refractivity contribution is -0.139. The lowest BCUT2D eigenvalue weighted by atomic mass is 10.2. The van der Waals surface area contributed by atoms with Gasteiger partial charge in [-0.15, -0.1) is 0 Å². The minimum Gasteiger partial charge on any atom is -0.481 e. The zero-order chi connectivity index (χ0) is 15.9. The Morgan fingerprint density at radius 3 is 2.68 bits per heavy atom. The van der Waals surface area contributed by atoms with Gasteiger partial charge in [-0.25, -0.2) is 10.2 Å². The van der Waals surface area contributed by atoms with Crippen molar-refractivity contribution in [3.05, 3.63) is 35.9 Å². The first-order valence-electron chi connectivity index (χ1n) is 6.17. The van der Waals surface area contributed by atoms with E-state index in [0.29, 0.717) is 11.3 Å². The highest BCUT2D eigenvalue weighted by Crippen LogP contribution is 2.16. The second-order valence-electron chi connectivity index (χ2n) is 4.13. The highest BCUT2D eigenvalue weighted by Gasteiger charge is 2.04. The average molecular weight is 302 g/mol. The predicted molar refractivity (Wildman–Crippen MR) is 81.6 cm³/mol. The Morgan fingerprint density at radius 1 is 1.32 bits per heavy atom. The summed E-state index contributed by atoms with van der Waals surface area (Å²) in [6, 6.07) is 8.27. The molecule has 1 aromatic heterocycles. The van der Waals surface area contributed by atoms with Crippen molar-refractivity contribution in [2.45, 2.75) is 0 Å². The number of nitrogens with zero attached hydrogens (tertiary/aromatic N) is 3. The largest absolute Gasteiger partial charge is 0.481 e. The minimum absolute atomic E-state index is 0.151. The Morgan fingerprint density at radius 2 is 2.00 bits per heavy atom. The molecule has 9 nitrogen and oxygen atoms in total. The zero-order valence-electron chi connectivity index (χ0n) is 11.4. The summed E-state index contributed by atoms with van der Waals surface area (Å²) in [5.74, 6) is -0.0829. The van der Waals surface area contributed by atoms with E-state index in [2.05, 4.69) is 20.5 Å². The summed E-state index contributed by atoms with van der Waals surface area (Å²) in [6.07, 6.45) is 1.44. The monoisotopic (exact) mass is 302 g/mol. The van der Waals surface area contributed by atoms with E-state index in [4.69, 9.17) is 21.3 Å². The van der Waals surface area contributed by atoms with Gasteiger partial charge in [0.05, 0.1) is 6.21 Å². The number of ether oxygens (including phenoxy) is 1. The van der Waals surface area contributed by atoms with E-state index in [1.807, 2.05) is 0 Å². The van der Waals surface area contributed by atoms with E-state index in [1.54, 1.807) is 24.3 Å². The number of nitrogens with two attached hydrogens (primary N) is 2. The van der Waals surface area contributed by atoms with E-state index in [1.165, 1.54) is 12.3 Å². The van der Waals surface area contributed by atoms with Crippen molar-refractivity contribution < 1.29 is 14.6 Å². The summed E-state index contributed by atoms with van der Waals surface area (Å²) in [7, 11) is 0. The van der Waals surface area contributed by atoms with Gasteiger partial charge in [-0.1, -0.05) is 12.1 Å². The van der Waals surface area contributed by atoms with E-state index < -0.39 is 12.6 Å².